The predicted molar refractivity (Wildman–Crippen MR) is 79.1 cm³/mol. The van der Waals surface area contributed by atoms with Crippen LogP contribution in [0.3, 0.4) is 0 Å². The molecule has 108 valence electrons. The van der Waals surface area contributed by atoms with E-state index in [-0.39, 0.29) is 5.97 Å². The van der Waals surface area contributed by atoms with Gasteiger partial charge in [0.2, 0.25) is 0 Å². The van der Waals surface area contributed by atoms with Gasteiger partial charge in [0, 0.05) is 24.8 Å². The first kappa shape index (κ1) is 13.4. The fourth-order valence-corrected chi connectivity index (χ4v) is 3.40. The number of rotatable bonds is 3. The number of carbonyl (C=O) groups is 1. The third-order valence-corrected chi connectivity index (χ3v) is 4.56. The van der Waals surface area contributed by atoms with Crippen molar-refractivity contribution in [3.8, 4) is 0 Å². The summed E-state index contributed by atoms with van der Waals surface area (Å²) in [7, 11) is 1.43. The number of hydrogen-bond acceptors (Lipinski definition) is 4. The Kier molecular flexibility index (Phi) is 3.66. The second kappa shape index (κ2) is 5.44. The van der Waals surface area contributed by atoms with Crippen molar-refractivity contribution in [2.75, 3.05) is 32.1 Å². The van der Waals surface area contributed by atoms with Crippen LogP contribution in [0.25, 0.3) is 0 Å². The number of ether oxygens (including phenoxy) is 1. The predicted octanol–water partition coefficient (Wildman–Crippen LogP) is 2.29. The largest absolute Gasteiger partial charge is 0.465 e. The first-order chi connectivity index (χ1) is 9.67. The minimum Gasteiger partial charge on any atom is -0.465 e. The van der Waals surface area contributed by atoms with Crippen molar-refractivity contribution in [3.63, 3.8) is 0 Å². The third-order valence-electron chi connectivity index (χ3n) is 4.56. The molecule has 0 amide bonds. The molecule has 0 saturated carbocycles. The van der Waals surface area contributed by atoms with Crippen LogP contribution in [0.2, 0.25) is 0 Å². The smallest absolute Gasteiger partial charge is 0.339 e. The molecule has 4 nitrogen and oxygen atoms in total. The van der Waals surface area contributed by atoms with Crippen LogP contribution in [0.15, 0.2) is 18.2 Å². The molecule has 2 saturated heterocycles. The Balaban J connectivity index is 1.81. The highest BCUT2D eigenvalue weighted by atomic mass is 16.5. The van der Waals surface area contributed by atoms with Gasteiger partial charge in [-0.1, -0.05) is 11.6 Å². The van der Waals surface area contributed by atoms with E-state index in [4.69, 9.17) is 4.74 Å². The normalized spacial score (nSPS) is 28.2. The monoisotopic (exact) mass is 274 g/mol. The molecule has 0 aromatic heterocycles. The topological polar surface area (TPSA) is 41.6 Å². The summed E-state index contributed by atoms with van der Waals surface area (Å²) in [5, 5.41) is 3.59. The van der Waals surface area contributed by atoms with Crippen LogP contribution in [0, 0.1) is 12.8 Å². The summed E-state index contributed by atoms with van der Waals surface area (Å²) >= 11 is 0. The zero-order valence-electron chi connectivity index (χ0n) is 12.2. The lowest BCUT2D eigenvalue weighted by Crippen LogP contribution is -2.39. The number of anilines is 1. The van der Waals surface area contributed by atoms with Crippen LogP contribution >= 0.6 is 0 Å². The fraction of sp³-hybridized carbons (Fsp3) is 0.562. The molecule has 4 heteroatoms. The maximum atomic E-state index is 11.9. The van der Waals surface area contributed by atoms with Gasteiger partial charge >= 0.3 is 5.97 Å². The van der Waals surface area contributed by atoms with Crippen LogP contribution in [0.5, 0.6) is 0 Å². The maximum absolute atomic E-state index is 11.9. The van der Waals surface area contributed by atoms with Crippen molar-refractivity contribution in [2.45, 2.75) is 25.8 Å². The van der Waals surface area contributed by atoms with Gasteiger partial charge in [0.15, 0.2) is 0 Å². The SMILES string of the molecule is COC(=O)c1cc(C)ccc1NC1CCN2CCC1C2. The minimum absolute atomic E-state index is 0.264. The lowest BCUT2D eigenvalue weighted by atomic mass is 9.93. The van der Waals surface area contributed by atoms with E-state index in [1.165, 1.54) is 26.6 Å². The molecule has 2 bridgehead atoms. The zero-order chi connectivity index (χ0) is 14.1. The highest BCUT2D eigenvalue weighted by molar-refractivity contribution is 5.95. The number of esters is 1. The van der Waals surface area contributed by atoms with Gasteiger partial charge in [-0.2, -0.15) is 0 Å². The quantitative estimate of drug-likeness (QED) is 0.859. The molecule has 0 spiro atoms. The number of benzene rings is 1. The van der Waals surface area contributed by atoms with Crippen molar-refractivity contribution in [1.82, 2.24) is 4.90 Å². The lowest BCUT2D eigenvalue weighted by molar-refractivity contribution is 0.0601. The Morgan fingerprint density at radius 3 is 2.95 bits per heavy atom. The van der Waals surface area contributed by atoms with Gasteiger partial charge in [0.1, 0.15) is 0 Å². The molecule has 3 rings (SSSR count). The van der Waals surface area contributed by atoms with Gasteiger partial charge in [-0.05, 0) is 44.4 Å². The summed E-state index contributed by atoms with van der Waals surface area (Å²) in [6.07, 6.45) is 2.41. The summed E-state index contributed by atoms with van der Waals surface area (Å²) in [6.45, 7) is 5.57. The van der Waals surface area contributed by atoms with Gasteiger partial charge in [-0.15, -0.1) is 0 Å². The molecule has 2 aliphatic heterocycles. The molecular formula is C16H22N2O2. The van der Waals surface area contributed by atoms with Gasteiger partial charge < -0.3 is 15.0 Å². The second-order valence-corrected chi connectivity index (χ2v) is 5.93. The van der Waals surface area contributed by atoms with Crippen molar-refractivity contribution >= 4 is 11.7 Å². The summed E-state index contributed by atoms with van der Waals surface area (Å²) < 4.78 is 4.90. The van der Waals surface area contributed by atoms with Gasteiger partial charge in [0.05, 0.1) is 12.7 Å². The molecule has 2 aliphatic rings. The van der Waals surface area contributed by atoms with E-state index in [0.717, 1.165) is 24.2 Å². The Labute approximate surface area is 120 Å². The summed E-state index contributed by atoms with van der Waals surface area (Å²) in [4.78, 5) is 14.4. The number of nitrogens with zero attached hydrogens (tertiary/aromatic N) is 1. The highest BCUT2D eigenvalue weighted by Crippen LogP contribution is 2.30. The molecule has 0 radical (unpaired) electrons. The average molecular weight is 274 g/mol. The van der Waals surface area contributed by atoms with Crippen molar-refractivity contribution in [1.29, 1.82) is 0 Å². The molecule has 1 aromatic rings. The second-order valence-electron chi connectivity index (χ2n) is 5.93. The minimum atomic E-state index is -0.264. The molecule has 0 aliphatic carbocycles. The van der Waals surface area contributed by atoms with Gasteiger partial charge in [-0.3, -0.25) is 0 Å². The number of nitrogens with one attached hydrogen (secondary N) is 1. The standard InChI is InChI=1S/C16H22N2O2/c1-11-3-4-15(13(9-11)16(19)20-2)17-14-6-8-18-7-5-12(14)10-18/h3-4,9,12,14,17H,5-8,10H2,1-2H3. The number of methoxy groups -OCH3 is 1. The number of piperidine rings is 1. The van der Waals surface area contributed by atoms with E-state index < -0.39 is 0 Å². The van der Waals surface area contributed by atoms with Crippen LogP contribution in [0.1, 0.15) is 28.8 Å². The molecule has 3 atom stereocenters. The van der Waals surface area contributed by atoms with E-state index in [9.17, 15) is 4.79 Å². The summed E-state index contributed by atoms with van der Waals surface area (Å²) in [6, 6.07) is 6.42. The number of aryl methyl sites for hydroxylation is 1. The molecule has 20 heavy (non-hydrogen) atoms. The molecule has 3 unspecified atom stereocenters. The molecular weight excluding hydrogens is 252 g/mol. The number of fused-ring (bicyclic) bond motifs is 2. The van der Waals surface area contributed by atoms with Crippen LogP contribution in [-0.2, 0) is 4.74 Å². The van der Waals surface area contributed by atoms with Crippen LogP contribution in [0.4, 0.5) is 5.69 Å². The van der Waals surface area contributed by atoms with Crippen LogP contribution in [-0.4, -0.2) is 43.7 Å². The van der Waals surface area contributed by atoms with Gasteiger partial charge in [-0.25, -0.2) is 4.79 Å². The Bertz CT molecular complexity index is 515. The van der Waals surface area contributed by atoms with Crippen molar-refractivity contribution < 1.29 is 9.53 Å². The van der Waals surface area contributed by atoms with Crippen molar-refractivity contribution in [2.24, 2.45) is 5.92 Å². The van der Waals surface area contributed by atoms with E-state index in [0.29, 0.717) is 17.5 Å². The van der Waals surface area contributed by atoms with E-state index in [1.54, 1.807) is 0 Å². The van der Waals surface area contributed by atoms with E-state index in [2.05, 4.69) is 10.2 Å². The van der Waals surface area contributed by atoms with Crippen LogP contribution < -0.4 is 5.32 Å². The van der Waals surface area contributed by atoms with E-state index in [1.807, 2.05) is 25.1 Å². The highest BCUT2D eigenvalue weighted by Gasteiger charge is 2.34. The lowest BCUT2D eigenvalue weighted by Gasteiger charge is -2.32. The summed E-state index contributed by atoms with van der Waals surface area (Å²) in [5.74, 6) is 0.440. The maximum Gasteiger partial charge on any atom is 0.339 e. The Morgan fingerprint density at radius 2 is 2.15 bits per heavy atom. The number of carbonyl (C=O) groups excluding carboxylic acids is 1. The molecule has 2 heterocycles. The molecule has 1 N–H and O–H groups in total. The molecule has 1 aromatic carbocycles. The molecule has 2 fully saturated rings. The van der Waals surface area contributed by atoms with Crippen molar-refractivity contribution in [3.05, 3.63) is 29.3 Å². The first-order valence-corrected chi connectivity index (χ1v) is 7.35. The third kappa shape index (κ3) is 2.52. The Hall–Kier alpha value is -1.55. The number of hydrogen-bond donors (Lipinski definition) is 1. The Morgan fingerprint density at radius 1 is 1.35 bits per heavy atom. The van der Waals surface area contributed by atoms with Gasteiger partial charge in [0.25, 0.3) is 0 Å². The zero-order valence-corrected chi connectivity index (χ0v) is 12.2. The first-order valence-electron chi connectivity index (χ1n) is 7.35. The fourth-order valence-electron chi connectivity index (χ4n) is 3.40. The summed E-state index contributed by atoms with van der Waals surface area (Å²) in [5.41, 5.74) is 2.63. The van der Waals surface area contributed by atoms with E-state index >= 15 is 0 Å². The average Bonchev–Trinajstić information content (AvgIpc) is 2.85.